The topological polar surface area (TPSA) is 66.4 Å². The maximum Gasteiger partial charge on any atom is 0.337 e. The van der Waals surface area contributed by atoms with Gasteiger partial charge < -0.3 is 10.4 Å². The standard InChI is InChI=1S/C13H15Br2NO3/c1-7(2)3-4-11(17)16-12-9(13(18)19)5-8(14)6-10(12)15/h5-7H,3-4H2,1-2H3,(H,16,17)(H,18,19). The van der Waals surface area contributed by atoms with E-state index in [1.165, 1.54) is 6.07 Å². The van der Waals surface area contributed by atoms with E-state index in [0.29, 0.717) is 27.0 Å². The van der Waals surface area contributed by atoms with Crippen molar-refractivity contribution in [3.8, 4) is 0 Å². The lowest BCUT2D eigenvalue weighted by Crippen LogP contribution is -2.15. The highest BCUT2D eigenvalue weighted by molar-refractivity contribution is 9.11. The Labute approximate surface area is 128 Å². The summed E-state index contributed by atoms with van der Waals surface area (Å²) in [7, 11) is 0. The van der Waals surface area contributed by atoms with Gasteiger partial charge in [0.05, 0.1) is 11.3 Å². The lowest BCUT2D eigenvalue weighted by Gasteiger charge is -2.12. The summed E-state index contributed by atoms with van der Waals surface area (Å²) in [4.78, 5) is 23.0. The van der Waals surface area contributed by atoms with Crippen LogP contribution in [0.4, 0.5) is 5.69 Å². The minimum absolute atomic E-state index is 0.0548. The molecule has 1 amide bonds. The summed E-state index contributed by atoms with van der Waals surface area (Å²) < 4.78 is 1.18. The minimum atomic E-state index is -1.08. The summed E-state index contributed by atoms with van der Waals surface area (Å²) in [5.74, 6) is -0.835. The summed E-state index contributed by atoms with van der Waals surface area (Å²) >= 11 is 6.49. The Kier molecular flexibility index (Phi) is 6.00. The van der Waals surface area contributed by atoms with E-state index in [0.717, 1.165) is 6.42 Å². The van der Waals surface area contributed by atoms with Crippen LogP contribution in [0, 0.1) is 5.92 Å². The molecule has 6 heteroatoms. The van der Waals surface area contributed by atoms with Gasteiger partial charge in [-0.15, -0.1) is 0 Å². The van der Waals surface area contributed by atoms with Gasteiger partial charge in [0.15, 0.2) is 0 Å². The number of carbonyl (C=O) groups is 2. The smallest absolute Gasteiger partial charge is 0.337 e. The molecule has 2 N–H and O–H groups in total. The number of carboxylic acid groups (broad SMARTS) is 1. The second-order valence-corrected chi connectivity index (χ2v) is 6.37. The van der Waals surface area contributed by atoms with E-state index in [1.807, 2.05) is 13.8 Å². The summed E-state index contributed by atoms with van der Waals surface area (Å²) in [6, 6.07) is 3.16. The van der Waals surface area contributed by atoms with Gasteiger partial charge in [0, 0.05) is 15.4 Å². The van der Waals surface area contributed by atoms with Crippen molar-refractivity contribution in [1.82, 2.24) is 0 Å². The predicted molar refractivity (Wildman–Crippen MR) is 81.5 cm³/mol. The quantitative estimate of drug-likeness (QED) is 0.785. The first-order chi connectivity index (χ1) is 8.81. The van der Waals surface area contributed by atoms with Crippen LogP contribution >= 0.6 is 31.9 Å². The molecule has 0 aliphatic heterocycles. The highest BCUT2D eigenvalue weighted by Gasteiger charge is 2.16. The molecule has 0 spiro atoms. The lowest BCUT2D eigenvalue weighted by molar-refractivity contribution is -0.116. The molecule has 1 aromatic carbocycles. The van der Waals surface area contributed by atoms with Crippen LogP contribution in [0.25, 0.3) is 0 Å². The third kappa shape index (κ3) is 4.95. The second-order valence-electron chi connectivity index (χ2n) is 4.60. The largest absolute Gasteiger partial charge is 0.478 e. The van der Waals surface area contributed by atoms with Crippen LogP contribution in [-0.2, 0) is 4.79 Å². The van der Waals surface area contributed by atoms with Crippen molar-refractivity contribution in [2.45, 2.75) is 26.7 Å². The van der Waals surface area contributed by atoms with E-state index in [1.54, 1.807) is 6.07 Å². The van der Waals surface area contributed by atoms with Gasteiger partial charge >= 0.3 is 5.97 Å². The number of anilines is 1. The van der Waals surface area contributed by atoms with Crippen LogP contribution in [-0.4, -0.2) is 17.0 Å². The van der Waals surface area contributed by atoms with Gasteiger partial charge in [0.2, 0.25) is 5.91 Å². The van der Waals surface area contributed by atoms with Crippen LogP contribution in [0.1, 0.15) is 37.0 Å². The third-order valence-corrected chi connectivity index (χ3v) is 3.58. The SMILES string of the molecule is CC(C)CCC(=O)Nc1c(Br)cc(Br)cc1C(=O)O. The van der Waals surface area contributed by atoms with Crippen molar-refractivity contribution < 1.29 is 14.7 Å². The molecule has 0 bridgehead atoms. The predicted octanol–water partition coefficient (Wildman–Crippen LogP) is 4.28. The Balaban J connectivity index is 2.94. The van der Waals surface area contributed by atoms with Gasteiger partial charge in [-0.1, -0.05) is 29.8 Å². The molecule has 0 fully saturated rings. The number of hydrogen-bond donors (Lipinski definition) is 2. The van der Waals surface area contributed by atoms with Crippen molar-refractivity contribution in [2.75, 3.05) is 5.32 Å². The number of nitrogens with one attached hydrogen (secondary N) is 1. The summed E-state index contributed by atoms with van der Waals surface area (Å²) in [6.45, 7) is 4.07. The molecule has 1 rings (SSSR count). The zero-order valence-corrected chi connectivity index (χ0v) is 13.8. The first kappa shape index (κ1) is 16.2. The molecule has 0 unspecified atom stereocenters. The van der Waals surface area contributed by atoms with Gasteiger partial charge in [-0.3, -0.25) is 4.79 Å². The Morgan fingerprint density at radius 2 is 1.95 bits per heavy atom. The number of carboxylic acids is 1. The molecule has 104 valence electrons. The van der Waals surface area contributed by atoms with Crippen molar-refractivity contribution >= 4 is 49.4 Å². The van der Waals surface area contributed by atoms with Gasteiger partial charge in [0.25, 0.3) is 0 Å². The monoisotopic (exact) mass is 391 g/mol. The van der Waals surface area contributed by atoms with E-state index in [9.17, 15) is 9.59 Å². The molecule has 0 aliphatic carbocycles. The van der Waals surface area contributed by atoms with Crippen LogP contribution in [0.2, 0.25) is 0 Å². The zero-order valence-electron chi connectivity index (χ0n) is 10.7. The fourth-order valence-corrected chi connectivity index (χ4v) is 2.82. The van der Waals surface area contributed by atoms with Gasteiger partial charge in [0.1, 0.15) is 0 Å². The average Bonchev–Trinajstić information content (AvgIpc) is 2.29. The van der Waals surface area contributed by atoms with Crippen molar-refractivity contribution in [3.63, 3.8) is 0 Å². The molecule has 1 aromatic rings. The highest BCUT2D eigenvalue weighted by atomic mass is 79.9. The molecular weight excluding hydrogens is 378 g/mol. The number of aromatic carboxylic acids is 1. The van der Waals surface area contributed by atoms with Gasteiger partial charge in [-0.25, -0.2) is 4.79 Å². The number of carbonyl (C=O) groups excluding carboxylic acids is 1. The number of benzene rings is 1. The first-order valence-corrected chi connectivity index (χ1v) is 7.42. The van der Waals surface area contributed by atoms with E-state index in [2.05, 4.69) is 37.2 Å². The summed E-state index contributed by atoms with van der Waals surface area (Å²) in [5, 5.41) is 11.8. The number of amides is 1. The van der Waals surface area contributed by atoms with Crippen molar-refractivity contribution in [3.05, 3.63) is 26.6 Å². The Hall–Kier alpha value is -0.880. The molecule has 19 heavy (non-hydrogen) atoms. The fourth-order valence-electron chi connectivity index (χ4n) is 1.49. The molecule has 0 aromatic heterocycles. The maximum absolute atomic E-state index is 11.8. The lowest BCUT2D eigenvalue weighted by atomic mass is 10.1. The van der Waals surface area contributed by atoms with Crippen LogP contribution < -0.4 is 5.32 Å². The molecule has 0 saturated heterocycles. The Morgan fingerprint density at radius 3 is 2.47 bits per heavy atom. The molecule has 4 nitrogen and oxygen atoms in total. The summed E-state index contributed by atoms with van der Waals surface area (Å²) in [6.07, 6.45) is 1.14. The molecule has 0 saturated carbocycles. The third-order valence-electron chi connectivity index (χ3n) is 2.50. The molecule has 0 radical (unpaired) electrons. The number of hydrogen-bond acceptors (Lipinski definition) is 2. The number of halogens is 2. The Morgan fingerprint density at radius 1 is 1.32 bits per heavy atom. The van der Waals surface area contributed by atoms with Crippen molar-refractivity contribution in [1.29, 1.82) is 0 Å². The van der Waals surface area contributed by atoms with E-state index < -0.39 is 5.97 Å². The van der Waals surface area contributed by atoms with E-state index >= 15 is 0 Å². The molecular formula is C13H15Br2NO3. The van der Waals surface area contributed by atoms with E-state index in [4.69, 9.17) is 5.11 Å². The van der Waals surface area contributed by atoms with Gasteiger partial charge in [-0.05, 0) is 40.4 Å². The molecule has 0 atom stereocenters. The molecule has 0 aliphatic rings. The molecule has 0 heterocycles. The van der Waals surface area contributed by atoms with Crippen LogP contribution in [0.15, 0.2) is 21.1 Å². The van der Waals surface area contributed by atoms with Crippen molar-refractivity contribution in [2.24, 2.45) is 5.92 Å². The van der Waals surface area contributed by atoms with Gasteiger partial charge in [-0.2, -0.15) is 0 Å². The van der Waals surface area contributed by atoms with Crippen LogP contribution in [0.5, 0.6) is 0 Å². The first-order valence-electron chi connectivity index (χ1n) is 5.83. The zero-order chi connectivity index (χ0) is 14.6. The number of rotatable bonds is 5. The van der Waals surface area contributed by atoms with E-state index in [-0.39, 0.29) is 11.5 Å². The minimum Gasteiger partial charge on any atom is -0.478 e. The highest BCUT2D eigenvalue weighted by Crippen LogP contribution is 2.31. The normalized spacial score (nSPS) is 10.6. The second kappa shape index (κ2) is 7.05. The maximum atomic E-state index is 11.8. The van der Waals surface area contributed by atoms with Crippen LogP contribution in [0.3, 0.4) is 0 Å². The average molecular weight is 393 g/mol. The fraction of sp³-hybridized carbons (Fsp3) is 0.385. The summed E-state index contributed by atoms with van der Waals surface area (Å²) in [5.41, 5.74) is 0.351. The Bertz CT molecular complexity index is 501.